The molecule has 20 heavy (non-hydrogen) atoms. The normalized spacial score (nSPS) is 18.6. The molecule has 1 aliphatic heterocycles. The van der Waals surface area contributed by atoms with Crippen LogP contribution in [0.5, 0.6) is 0 Å². The number of aliphatic imine (C=N–C) groups is 1. The molecule has 1 rings (SSSR count). The Labute approximate surface area is 124 Å². The minimum Gasteiger partial charge on any atom is -0.380 e. The molecule has 118 valence electrons. The highest BCUT2D eigenvalue weighted by molar-refractivity contribution is 5.80. The lowest BCUT2D eigenvalue weighted by atomic mass is 10.0. The van der Waals surface area contributed by atoms with Crippen molar-refractivity contribution in [3.63, 3.8) is 0 Å². The molecule has 0 unspecified atom stereocenters. The number of ether oxygens (including phenoxy) is 1. The van der Waals surface area contributed by atoms with Gasteiger partial charge in [-0.15, -0.1) is 0 Å². The van der Waals surface area contributed by atoms with Crippen molar-refractivity contribution in [3.05, 3.63) is 0 Å². The van der Waals surface area contributed by atoms with E-state index in [0.717, 1.165) is 19.1 Å². The molecule has 5 nitrogen and oxygen atoms in total. The summed E-state index contributed by atoms with van der Waals surface area (Å²) in [5, 5.41) is 6.86. The molecule has 2 N–H and O–H groups in total. The fourth-order valence-corrected chi connectivity index (χ4v) is 2.44. The number of hydrogen-bond donors (Lipinski definition) is 2. The van der Waals surface area contributed by atoms with Gasteiger partial charge < -0.3 is 20.3 Å². The number of nitrogens with one attached hydrogen (secondary N) is 2. The smallest absolute Gasteiger partial charge is 0.191 e. The Hall–Kier alpha value is -0.810. The van der Waals surface area contributed by atoms with Gasteiger partial charge in [-0.25, -0.2) is 0 Å². The fraction of sp³-hybridized carbons (Fsp3) is 0.933. The zero-order valence-electron chi connectivity index (χ0n) is 13.6. The van der Waals surface area contributed by atoms with Crippen LogP contribution in [-0.4, -0.2) is 62.3 Å². The lowest BCUT2D eigenvalue weighted by molar-refractivity contribution is 0.155. The molecular formula is C15H32N4O. The van der Waals surface area contributed by atoms with Crippen LogP contribution in [0.4, 0.5) is 0 Å². The van der Waals surface area contributed by atoms with Gasteiger partial charge in [0.05, 0.1) is 13.2 Å². The van der Waals surface area contributed by atoms with Crippen molar-refractivity contribution in [2.75, 3.05) is 39.4 Å². The third kappa shape index (κ3) is 6.57. The lowest BCUT2D eigenvalue weighted by Crippen LogP contribution is -2.49. The van der Waals surface area contributed by atoms with Crippen LogP contribution < -0.4 is 10.6 Å². The molecule has 0 bridgehead atoms. The van der Waals surface area contributed by atoms with Crippen molar-refractivity contribution in [2.24, 2.45) is 4.99 Å². The van der Waals surface area contributed by atoms with E-state index < -0.39 is 0 Å². The zero-order chi connectivity index (χ0) is 14.8. The molecule has 1 aliphatic rings. The predicted molar refractivity (Wildman–Crippen MR) is 85.3 cm³/mol. The van der Waals surface area contributed by atoms with Gasteiger partial charge in [-0.05, 0) is 40.5 Å². The molecule has 0 spiro atoms. The standard InChI is InChI=1S/C15H32N4O/c1-5-16-15(17-9-12-20-6-2)18-14-7-10-19(11-8-14)13(3)4/h13-14H,5-12H2,1-4H3,(H2,16,17,18). The van der Waals surface area contributed by atoms with Crippen molar-refractivity contribution >= 4 is 5.96 Å². The first kappa shape index (κ1) is 17.2. The first-order valence-corrected chi connectivity index (χ1v) is 8.04. The zero-order valence-corrected chi connectivity index (χ0v) is 13.6. The molecule has 0 radical (unpaired) electrons. The molecule has 0 atom stereocenters. The number of likely N-dealkylation sites (tertiary alicyclic amines) is 1. The second-order valence-electron chi connectivity index (χ2n) is 5.51. The van der Waals surface area contributed by atoms with Crippen LogP contribution in [0.25, 0.3) is 0 Å². The Kier molecular flexibility index (Phi) is 8.62. The Morgan fingerprint density at radius 2 is 2.00 bits per heavy atom. The number of hydrogen-bond acceptors (Lipinski definition) is 3. The van der Waals surface area contributed by atoms with E-state index in [1.807, 2.05) is 6.92 Å². The van der Waals surface area contributed by atoms with Crippen LogP contribution in [-0.2, 0) is 4.74 Å². The van der Waals surface area contributed by atoms with E-state index in [1.165, 1.54) is 25.9 Å². The van der Waals surface area contributed by atoms with Gasteiger partial charge in [-0.3, -0.25) is 4.99 Å². The number of nitrogens with zero attached hydrogens (tertiary/aromatic N) is 2. The molecule has 0 saturated carbocycles. The summed E-state index contributed by atoms with van der Waals surface area (Å²) in [6.45, 7) is 14.1. The van der Waals surface area contributed by atoms with Crippen LogP contribution >= 0.6 is 0 Å². The van der Waals surface area contributed by atoms with Gasteiger partial charge in [0.25, 0.3) is 0 Å². The van der Waals surface area contributed by atoms with Gasteiger partial charge in [0.2, 0.25) is 0 Å². The van der Waals surface area contributed by atoms with Crippen molar-refractivity contribution in [1.82, 2.24) is 15.5 Å². The maximum atomic E-state index is 5.32. The highest BCUT2D eigenvalue weighted by atomic mass is 16.5. The Morgan fingerprint density at radius 3 is 2.55 bits per heavy atom. The minimum absolute atomic E-state index is 0.537. The minimum atomic E-state index is 0.537. The number of rotatable bonds is 7. The summed E-state index contributed by atoms with van der Waals surface area (Å²) in [5.41, 5.74) is 0. The van der Waals surface area contributed by atoms with Crippen molar-refractivity contribution in [1.29, 1.82) is 0 Å². The summed E-state index contributed by atoms with van der Waals surface area (Å²) in [5.74, 6) is 0.926. The first-order chi connectivity index (χ1) is 9.67. The lowest BCUT2D eigenvalue weighted by Gasteiger charge is -2.35. The monoisotopic (exact) mass is 284 g/mol. The van der Waals surface area contributed by atoms with Crippen molar-refractivity contribution in [3.8, 4) is 0 Å². The first-order valence-electron chi connectivity index (χ1n) is 8.04. The van der Waals surface area contributed by atoms with Gasteiger partial charge in [0.15, 0.2) is 5.96 Å². The summed E-state index contributed by atoms with van der Waals surface area (Å²) in [6, 6.07) is 1.19. The van der Waals surface area contributed by atoms with E-state index in [0.29, 0.717) is 25.2 Å². The SMILES string of the molecule is CCNC(=NCCOCC)NC1CCN(C(C)C)CC1. The average molecular weight is 284 g/mol. The Morgan fingerprint density at radius 1 is 1.30 bits per heavy atom. The van der Waals surface area contributed by atoms with E-state index in [2.05, 4.69) is 41.3 Å². The van der Waals surface area contributed by atoms with Crippen LogP contribution in [0.2, 0.25) is 0 Å². The number of piperidine rings is 1. The summed E-state index contributed by atoms with van der Waals surface area (Å²) in [7, 11) is 0. The maximum absolute atomic E-state index is 5.32. The van der Waals surface area contributed by atoms with Gasteiger partial charge in [0.1, 0.15) is 0 Å². The van der Waals surface area contributed by atoms with E-state index in [-0.39, 0.29) is 0 Å². The van der Waals surface area contributed by atoms with Crippen LogP contribution in [0.3, 0.4) is 0 Å². The molecule has 0 aromatic carbocycles. The Bertz CT molecular complexity index is 273. The van der Waals surface area contributed by atoms with E-state index >= 15 is 0 Å². The van der Waals surface area contributed by atoms with Gasteiger partial charge >= 0.3 is 0 Å². The average Bonchev–Trinajstić information content (AvgIpc) is 2.44. The van der Waals surface area contributed by atoms with Gasteiger partial charge in [0, 0.05) is 38.3 Å². The third-order valence-electron chi connectivity index (χ3n) is 3.65. The molecular weight excluding hydrogens is 252 g/mol. The molecule has 1 heterocycles. The molecule has 5 heteroatoms. The molecule has 0 aromatic heterocycles. The largest absolute Gasteiger partial charge is 0.380 e. The van der Waals surface area contributed by atoms with Crippen LogP contribution in [0.1, 0.15) is 40.5 Å². The van der Waals surface area contributed by atoms with E-state index in [9.17, 15) is 0 Å². The van der Waals surface area contributed by atoms with E-state index in [4.69, 9.17) is 4.74 Å². The topological polar surface area (TPSA) is 48.9 Å². The predicted octanol–water partition coefficient (Wildman–Crippen LogP) is 1.45. The third-order valence-corrected chi connectivity index (χ3v) is 3.65. The molecule has 0 aliphatic carbocycles. The summed E-state index contributed by atoms with van der Waals surface area (Å²) >= 11 is 0. The molecule has 0 aromatic rings. The van der Waals surface area contributed by atoms with Crippen molar-refractivity contribution < 1.29 is 4.74 Å². The molecule has 1 saturated heterocycles. The quantitative estimate of drug-likeness (QED) is 0.422. The fourth-order valence-electron chi connectivity index (χ4n) is 2.44. The summed E-state index contributed by atoms with van der Waals surface area (Å²) < 4.78 is 5.32. The van der Waals surface area contributed by atoms with Gasteiger partial charge in [-0.2, -0.15) is 0 Å². The maximum Gasteiger partial charge on any atom is 0.191 e. The molecule has 0 amide bonds. The molecule has 1 fully saturated rings. The summed E-state index contributed by atoms with van der Waals surface area (Å²) in [4.78, 5) is 7.09. The van der Waals surface area contributed by atoms with E-state index in [1.54, 1.807) is 0 Å². The Balaban J connectivity index is 2.34. The second-order valence-corrected chi connectivity index (χ2v) is 5.51. The van der Waals surface area contributed by atoms with Crippen LogP contribution in [0, 0.1) is 0 Å². The van der Waals surface area contributed by atoms with Gasteiger partial charge in [-0.1, -0.05) is 0 Å². The van der Waals surface area contributed by atoms with Crippen LogP contribution in [0.15, 0.2) is 4.99 Å². The second kappa shape index (κ2) is 10.00. The highest BCUT2D eigenvalue weighted by Crippen LogP contribution is 2.12. The number of guanidine groups is 1. The summed E-state index contributed by atoms with van der Waals surface area (Å²) in [6.07, 6.45) is 2.38. The highest BCUT2D eigenvalue weighted by Gasteiger charge is 2.21. The van der Waals surface area contributed by atoms with Crippen molar-refractivity contribution in [2.45, 2.75) is 52.6 Å².